The van der Waals surface area contributed by atoms with Crippen LogP contribution in [0.25, 0.3) is 16.9 Å². The number of imidazole rings is 1. The van der Waals surface area contributed by atoms with Gasteiger partial charge in [-0.2, -0.15) is 0 Å². The Morgan fingerprint density at radius 1 is 1.11 bits per heavy atom. The van der Waals surface area contributed by atoms with Gasteiger partial charge in [-0.25, -0.2) is 9.50 Å². The fourth-order valence-corrected chi connectivity index (χ4v) is 2.41. The average Bonchev–Trinajstić information content (AvgIpc) is 2.74. The van der Waals surface area contributed by atoms with Crippen molar-refractivity contribution in [1.29, 1.82) is 0 Å². The quantitative estimate of drug-likeness (QED) is 0.730. The molecular weight excluding hydrogens is 294 g/mol. The SMILES string of the molecule is COc1ccc2nc(Br)c(-c3ccccc3)n2n1. The number of benzene rings is 1. The fourth-order valence-electron chi connectivity index (χ4n) is 1.84. The van der Waals surface area contributed by atoms with Crippen LogP contribution in [0.1, 0.15) is 0 Å². The number of rotatable bonds is 2. The highest BCUT2D eigenvalue weighted by molar-refractivity contribution is 9.10. The highest BCUT2D eigenvalue weighted by Crippen LogP contribution is 2.28. The van der Waals surface area contributed by atoms with Gasteiger partial charge in [-0.1, -0.05) is 30.3 Å². The Bertz CT molecular complexity index is 694. The summed E-state index contributed by atoms with van der Waals surface area (Å²) in [6.45, 7) is 0. The second kappa shape index (κ2) is 4.42. The maximum absolute atomic E-state index is 5.15. The predicted molar refractivity (Wildman–Crippen MR) is 72.7 cm³/mol. The molecule has 0 saturated carbocycles. The number of nitrogens with zero attached hydrogens (tertiary/aromatic N) is 3. The van der Waals surface area contributed by atoms with Crippen LogP contribution in [0.3, 0.4) is 0 Å². The van der Waals surface area contributed by atoms with Gasteiger partial charge in [-0.15, -0.1) is 5.10 Å². The molecule has 0 aliphatic rings. The zero-order valence-electron chi connectivity index (χ0n) is 9.67. The summed E-state index contributed by atoms with van der Waals surface area (Å²) < 4.78 is 7.70. The Hall–Kier alpha value is -1.88. The van der Waals surface area contributed by atoms with Gasteiger partial charge >= 0.3 is 0 Å². The molecule has 18 heavy (non-hydrogen) atoms. The summed E-state index contributed by atoms with van der Waals surface area (Å²) in [5, 5.41) is 4.39. The maximum atomic E-state index is 5.15. The number of hydrogen-bond donors (Lipinski definition) is 0. The molecular formula is C13H10BrN3O. The summed E-state index contributed by atoms with van der Waals surface area (Å²) >= 11 is 3.48. The van der Waals surface area contributed by atoms with Crippen molar-refractivity contribution in [3.63, 3.8) is 0 Å². The van der Waals surface area contributed by atoms with Gasteiger partial charge in [0.1, 0.15) is 10.3 Å². The lowest BCUT2D eigenvalue weighted by Crippen LogP contribution is -1.97. The van der Waals surface area contributed by atoms with E-state index in [1.807, 2.05) is 36.4 Å². The first kappa shape index (κ1) is 11.2. The molecule has 0 fully saturated rings. The van der Waals surface area contributed by atoms with Crippen LogP contribution in [0, 0.1) is 0 Å². The molecule has 0 bridgehead atoms. The van der Waals surface area contributed by atoms with Crippen LogP contribution in [0.4, 0.5) is 0 Å². The molecule has 1 aromatic carbocycles. The summed E-state index contributed by atoms with van der Waals surface area (Å²) in [5.74, 6) is 0.560. The van der Waals surface area contributed by atoms with Crippen LogP contribution in [0.2, 0.25) is 0 Å². The lowest BCUT2D eigenvalue weighted by Gasteiger charge is -2.03. The zero-order chi connectivity index (χ0) is 12.5. The molecule has 0 N–H and O–H groups in total. The number of halogens is 1. The minimum Gasteiger partial charge on any atom is -0.480 e. The van der Waals surface area contributed by atoms with Crippen molar-refractivity contribution >= 4 is 21.6 Å². The van der Waals surface area contributed by atoms with Gasteiger partial charge in [-0.05, 0) is 22.0 Å². The van der Waals surface area contributed by atoms with Crippen molar-refractivity contribution in [2.24, 2.45) is 0 Å². The Kier molecular flexibility index (Phi) is 2.76. The second-order valence-corrected chi connectivity index (χ2v) is 4.51. The topological polar surface area (TPSA) is 39.4 Å². The van der Waals surface area contributed by atoms with Gasteiger partial charge in [0.2, 0.25) is 5.88 Å². The molecule has 0 aliphatic carbocycles. The van der Waals surface area contributed by atoms with Crippen LogP contribution in [-0.2, 0) is 0 Å². The van der Waals surface area contributed by atoms with E-state index >= 15 is 0 Å². The number of hydrogen-bond acceptors (Lipinski definition) is 3. The maximum Gasteiger partial charge on any atom is 0.231 e. The third-order valence-corrected chi connectivity index (χ3v) is 3.22. The molecule has 0 spiro atoms. The van der Waals surface area contributed by atoms with E-state index in [9.17, 15) is 0 Å². The molecule has 2 heterocycles. The van der Waals surface area contributed by atoms with Crippen LogP contribution in [0.15, 0.2) is 47.1 Å². The van der Waals surface area contributed by atoms with Crippen LogP contribution < -0.4 is 4.74 Å². The minimum atomic E-state index is 0.560. The molecule has 0 atom stereocenters. The summed E-state index contributed by atoms with van der Waals surface area (Å²) in [5.41, 5.74) is 2.75. The molecule has 2 aromatic heterocycles. The van der Waals surface area contributed by atoms with Gasteiger partial charge in [0.25, 0.3) is 0 Å². The predicted octanol–water partition coefficient (Wildman–Crippen LogP) is 3.17. The highest BCUT2D eigenvalue weighted by atomic mass is 79.9. The van der Waals surface area contributed by atoms with Crippen molar-refractivity contribution in [2.75, 3.05) is 7.11 Å². The Labute approximate surface area is 112 Å². The van der Waals surface area contributed by atoms with Crippen molar-refractivity contribution in [1.82, 2.24) is 14.6 Å². The van der Waals surface area contributed by atoms with Gasteiger partial charge < -0.3 is 4.74 Å². The van der Waals surface area contributed by atoms with Gasteiger partial charge in [0.15, 0.2) is 5.65 Å². The number of methoxy groups -OCH3 is 1. The molecule has 3 rings (SSSR count). The monoisotopic (exact) mass is 303 g/mol. The molecule has 0 aliphatic heterocycles. The average molecular weight is 304 g/mol. The van der Waals surface area contributed by atoms with E-state index in [4.69, 9.17) is 4.74 Å². The van der Waals surface area contributed by atoms with Crippen molar-refractivity contribution in [3.8, 4) is 17.1 Å². The largest absolute Gasteiger partial charge is 0.480 e. The summed E-state index contributed by atoms with van der Waals surface area (Å²) in [6, 6.07) is 13.7. The third-order valence-electron chi connectivity index (χ3n) is 2.67. The summed E-state index contributed by atoms with van der Waals surface area (Å²) in [6.07, 6.45) is 0. The molecule has 3 aromatic rings. The Balaban J connectivity index is 2.30. The molecule has 0 radical (unpaired) electrons. The smallest absolute Gasteiger partial charge is 0.231 e. The molecule has 0 unspecified atom stereocenters. The first-order valence-corrected chi connectivity index (χ1v) is 6.23. The summed E-state index contributed by atoms with van der Waals surface area (Å²) in [7, 11) is 1.60. The van der Waals surface area contributed by atoms with Crippen LogP contribution >= 0.6 is 15.9 Å². The first-order chi connectivity index (χ1) is 8.79. The van der Waals surface area contributed by atoms with E-state index in [2.05, 4.69) is 26.0 Å². The molecule has 4 nitrogen and oxygen atoms in total. The van der Waals surface area contributed by atoms with Gasteiger partial charge in [0, 0.05) is 11.6 Å². The normalized spacial score (nSPS) is 10.8. The van der Waals surface area contributed by atoms with E-state index in [0.717, 1.165) is 21.5 Å². The highest BCUT2D eigenvalue weighted by Gasteiger charge is 2.13. The van der Waals surface area contributed by atoms with Crippen LogP contribution in [-0.4, -0.2) is 21.7 Å². The second-order valence-electron chi connectivity index (χ2n) is 3.76. The lowest BCUT2D eigenvalue weighted by atomic mass is 10.2. The van der Waals surface area contributed by atoms with Gasteiger partial charge in [0.05, 0.1) is 7.11 Å². The Morgan fingerprint density at radius 3 is 2.61 bits per heavy atom. The summed E-state index contributed by atoms with van der Waals surface area (Å²) in [4.78, 5) is 4.43. The number of ether oxygens (including phenoxy) is 1. The number of aromatic nitrogens is 3. The van der Waals surface area contributed by atoms with Crippen LogP contribution in [0.5, 0.6) is 5.88 Å². The van der Waals surface area contributed by atoms with E-state index in [0.29, 0.717) is 5.88 Å². The van der Waals surface area contributed by atoms with Crippen molar-refractivity contribution in [3.05, 3.63) is 47.1 Å². The van der Waals surface area contributed by atoms with E-state index < -0.39 is 0 Å². The standard InChI is InChI=1S/C13H10BrN3O/c1-18-11-8-7-10-15-13(14)12(17(10)16-11)9-5-3-2-4-6-9/h2-8H,1H3. The minimum absolute atomic E-state index is 0.560. The third kappa shape index (κ3) is 1.76. The molecule has 0 saturated heterocycles. The van der Waals surface area contributed by atoms with Crippen molar-refractivity contribution < 1.29 is 4.74 Å². The molecule has 90 valence electrons. The number of fused-ring (bicyclic) bond motifs is 1. The van der Waals surface area contributed by atoms with Crippen molar-refractivity contribution in [2.45, 2.75) is 0 Å². The van der Waals surface area contributed by atoms with Gasteiger partial charge in [-0.3, -0.25) is 0 Å². The Morgan fingerprint density at radius 2 is 1.89 bits per heavy atom. The fraction of sp³-hybridized carbons (Fsp3) is 0.0769. The zero-order valence-corrected chi connectivity index (χ0v) is 11.3. The van der Waals surface area contributed by atoms with E-state index in [1.54, 1.807) is 17.7 Å². The lowest BCUT2D eigenvalue weighted by molar-refractivity contribution is 0.390. The molecule has 5 heteroatoms. The molecule has 0 amide bonds. The van der Waals surface area contributed by atoms with E-state index in [1.165, 1.54) is 0 Å². The first-order valence-electron chi connectivity index (χ1n) is 5.44. The van der Waals surface area contributed by atoms with E-state index in [-0.39, 0.29) is 0 Å².